The molecule has 1 heterocycles. The number of benzene rings is 2. The number of phenols is 1. The minimum atomic E-state index is -0.237. The first-order chi connectivity index (χ1) is 12.4. The van der Waals surface area contributed by atoms with E-state index in [2.05, 4.69) is 0 Å². The number of halogens is 2. The van der Waals surface area contributed by atoms with Crippen molar-refractivity contribution in [3.63, 3.8) is 0 Å². The van der Waals surface area contributed by atoms with Crippen LogP contribution >= 0.6 is 23.2 Å². The Morgan fingerprint density at radius 3 is 2.12 bits per heavy atom. The van der Waals surface area contributed by atoms with Gasteiger partial charge in [-0.25, -0.2) is 0 Å². The van der Waals surface area contributed by atoms with Gasteiger partial charge in [-0.05, 0) is 31.2 Å². The highest BCUT2D eigenvalue weighted by Crippen LogP contribution is 2.27. The van der Waals surface area contributed by atoms with E-state index in [-0.39, 0.29) is 28.1 Å². The summed E-state index contributed by atoms with van der Waals surface area (Å²) in [6, 6.07) is 9.88. The van der Waals surface area contributed by atoms with Gasteiger partial charge in [-0.3, -0.25) is 9.59 Å². The smallest absolute Gasteiger partial charge is 0.257 e. The van der Waals surface area contributed by atoms with E-state index in [0.717, 1.165) is 5.56 Å². The standard InChI is InChI=1S/C19H18Cl2N2O3/c1-12-5-6-16(24)14(11-12)19(26)23-9-7-22(8-10-23)18(25)13-3-2-4-15(20)17(13)21/h2-6,11,24H,7-10H2,1H3. The summed E-state index contributed by atoms with van der Waals surface area (Å²) in [5.41, 5.74) is 1.54. The first-order valence-electron chi connectivity index (χ1n) is 8.20. The lowest BCUT2D eigenvalue weighted by Gasteiger charge is -2.35. The maximum absolute atomic E-state index is 12.7. The highest BCUT2D eigenvalue weighted by atomic mass is 35.5. The van der Waals surface area contributed by atoms with Crippen molar-refractivity contribution in [1.82, 2.24) is 9.80 Å². The molecule has 7 heteroatoms. The Morgan fingerprint density at radius 2 is 1.50 bits per heavy atom. The number of aryl methyl sites for hydroxylation is 1. The molecule has 1 N–H and O–H groups in total. The molecule has 0 saturated carbocycles. The number of carbonyl (C=O) groups is 2. The average Bonchev–Trinajstić information content (AvgIpc) is 2.65. The normalized spacial score (nSPS) is 14.4. The van der Waals surface area contributed by atoms with Crippen LogP contribution < -0.4 is 0 Å². The first kappa shape index (κ1) is 18.5. The van der Waals surface area contributed by atoms with Crippen molar-refractivity contribution in [2.24, 2.45) is 0 Å². The summed E-state index contributed by atoms with van der Waals surface area (Å²) in [6.07, 6.45) is 0. The molecule has 0 atom stereocenters. The molecule has 26 heavy (non-hydrogen) atoms. The van der Waals surface area contributed by atoms with E-state index in [4.69, 9.17) is 23.2 Å². The van der Waals surface area contributed by atoms with Crippen LogP contribution in [0.5, 0.6) is 5.75 Å². The molecule has 1 aliphatic heterocycles. The van der Waals surface area contributed by atoms with Gasteiger partial charge in [0, 0.05) is 26.2 Å². The lowest BCUT2D eigenvalue weighted by Crippen LogP contribution is -2.50. The van der Waals surface area contributed by atoms with Crippen LogP contribution in [0, 0.1) is 6.92 Å². The molecule has 5 nitrogen and oxygen atoms in total. The number of piperazine rings is 1. The summed E-state index contributed by atoms with van der Waals surface area (Å²) >= 11 is 12.1. The van der Waals surface area contributed by atoms with Crippen LogP contribution in [-0.4, -0.2) is 52.9 Å². The number of hydrogen-bond donors (Lipinski definition) is 1. The molecule has 1 saturated heterocycles. The number of nitrogens with zero attached hydrogens (tertiary/aromatic N) is 2. The zero-order valence-electron chi connectivity index (χ0n) is 14.2. The highest BCUT2D eigenvalue weighted by molar-refractivity contribution is 6.43. The van der Waals surface area contributed by atoms with Gasteiger partial charge in [0.15, 0.2) is 0 Å². The van der Waals surface area contributed by atoms with Crippen LogP contribution in [0.25, 0.3) is 0 Å². The minimum Gasteiger partial charge on any atom is -0.507 e. The Balaban J connectivity index is 1.69. The molecule has 0 aromatic heterocycles. The van der Waals surface area contributed by atoms with E-state index < -0.39 is 0 Å². The lowest BCUT2D eigenvalue weighted by atomic mass is 10.1. The molecule has 1 fully saturated rings. The van der Waals surface area contributed by atoms with Crippen molar-refractivity contribution in [3.05, 3.63) is 63.1 Å². The fourth-order valence-corrected chi connectivity index (χ4v) is 3.32. The second kappa shape index (κ2) is 7.56. The van der Waals surface area contributed by atoms with Gasteiger partial charge in [0.2, 0.25) is 0 Å². The predicted octanol–water partition coefficient (Wildman–Crippen LogP) is 3.61. The second-order valence-corrected chi connectivity index (χ2v) is 6.99. The van der Waals surface area contributed by atoms with Gasteiger partial charge in [-0.1, -0.05) is 40.9 Å². The Labute approximate surface area is 161 Å². The lowest BCUT2D eigenvalue weighted by molar-refractivity contribution is 0.0533. The van der Waals surface area contributed by atoms with Crippen molar-refractivity contribution in [3.8, 4) is 5.75 Å². The summed E-state index contributed by atoms with van der Waals surface area (Å²) in [7, 11) is 0. The average molecular weight is 393 g/mol. The van der Waals surface area contributed by atoms with Gasteiger partial charge in [0.1, 0.15) is 5.75 Å². The quantitative estimate of drug-likeness (QED) is 0.848. The van der Waals surface area contributed by atoms with Crippen LogP contribution in [0.3, 0.4) is 0 Å². The Bertz CT molecular complexity index is 840. The van der Waals surface area contributed by atoms with Gasteiger partial charge in [-0.15, -0.1) is 0 Å². The van der Waals surface area contributed by atoms with Gasteiger partial charge in [0.25, 0.3) is 11.8 Å². The van der Waals surface area contributed by atoms with Crippen LogP contribution in [0.15, 0.2) is 36.4 Å². The molecule has 0 unspecified atom stereocenters. The number of phenolic OH excluding ortho intramolecular Hbond substituents is 1. The summed E-state index contributed by atoms with van der Waals surface area (Å²) < 4.78 is 0. The summed E-state index contributed by atoms with van der Waals surface area (Å²) in [5.74, 6) is -0.480. The number of hydrogen-bond acceptors (Lipinski definition) is 3. The number of rotatable bonds is 2. The van der Waals surface area contributed by atoms with E-state index in [0.29, 0.717) is 36.8 Å². The van der Waals surface area contributed by atoms with E-state index in [1.54, 1.807) is 40.1 Å². The predicted molar refractivity (Wildman–Crippen MR) is 101 cm³/mol. The van der Waals surface area contributed by atoms with Crippen LogP contribution in [0.1, 0.15) is 26.3 Å². The number of carbonyl (C=O) groups excluding carboxylic acids is 2. The topological polar surface area (TPSA) is 60.9 Å². The first-order valence-corrected chi connectivity index (χ1v) is 8.96. The maximum Gasteiger partial charge on any atom is 0.257 e. The molecular formula is C19H18Cl2N2O3. The van der Waals surface area contributed by atoms with Crippen molar-refractivity contribution in [2.45, 2.75) is 6.92 Å². The van der Waals surface area contributed by atoms with E-state index in [9.17, 15) is 14.7 Å². The van der Waals surface area contributed by atoms with E-state index >= 15 is 0 Å². The summed E-state index contributed by atoms with van der Waals surface area (Å²) in [4.78, 5) is 28.6. The number of aromatic hydroxyl groups is 1. The molecule has 0 aliphatic carbocycles. The summed E-state index contributed by atoms with van der Waals surface area (Å²) in [6.45, 7) is 3.41. The van der Waals surface area contributed by atoms with Crippen molar-refractivity contribution < 1.29 is 14.7 Å². The van der Waals surface area contributed by atoms with Crippen molar-refractivity contribution in [2.75, 3.05) is 26.2 Å². The zero-order valence-corrected chi connectivity index (χ0v) is 15.7. The summed E-state index contributed by atoms with van der Waals surface area (Å²) in [5, 5.41) is 10.5. The van der Waals surface area contributed by atoms with Gasteiger partial charge >= 0.3 is 0 Å². The van der Waals surface area contributed by atoms with E-state index in [1.807, 2.05) is 6.92 Å². The molecular weight excluding hydrogens is 375 g/mol. The Kier molecular flexibility index (Phi) is 5.39. The van der Waals surface area contributed by atoms with E-state index in [1.165, 1.54) is 6.07 Å². The van der Waals surface area contributed by atoms with Gasteiger partial charge < -0.3 is 14.9 Å². The molecule has 1 aliphatic rings. The zero-order chi connectivity index (χ0) is 18.8. The molecule has 3 rings (SSSR count). The SMILES string of the molecule is Cc1ccc(O)c(C(=O)N2CCN(C(=O)c3cccc(Cl)c3Cl)CC2)c1. The molecule has 0 spiro atoms. The third-order valence-electron chi connectivity index (χ3n) is 4.42. The maximum atomic E-state index is 12.7. The molecule has 2 aromatic rings. The largest absolute Gasteiger partial charge is 0.507 e. The molecule has 2 aromatic carbocycles. The molecule has 136 valence electrons. The highest BCUT2D eigenvalue weighted by Gasteiger charge is 2.27. The van der Waals surface area contributed by atoms with Crippen molar-refractivity contribution in [1.29, 1.82) is 0 Å². The number of amides is 2. The molecule has 2 amide bonds. The van der Waals surface area contributed by atoms with Gasteiger partial charge in [0.05, 0.1) is 21.2 Å². The van der Waals surface area contributed by atoms with Crippen LogP contribution in [-0.2, 0) is 0 Å². The van der Waals surface area contributed by atoms with Crippen LogP contribution in [0.2, 0.25) is 10.0 Å². The third kappa shape index (κ3) is 3.64. The molecule has 0 bridgehead atoms. The Morgan fingerprint density at radius 1 is 0.923 bits per heavy atom. The Hall–Kier alpha value is -2.24. The minimum absolute atomic E-state index is 0.0372. The second-order valence-electron chi connectivity index (χ2n) is 6.21. The fourth-order valence-electron chi connectivity index (χ4n) is 2.94. The van der Waals surface area contributed by atoms with Gasteiger partial charge in [-0.2, -0.15) is 0 Å². The monoisotopic (exact) mass is 392 g/mol. The van der Waals surface area contributed by atoms with Crippen molar-refractivity contribution >= 4 is 35.0 Å². The van der Waals surface area contributed by atoms with Crippen LogP contribution in [0.4, 0.5) is 0 Å². The third-order valence-corrected chi connectivity index (χ3v) is 5.24. The molecule has 0 radical (unpaired) electrons. The fraction of sp³-hybridized carbons (Fsp3) is 0.263.